The summed E-state index contributed by atoms with van der Waals surface area (Å²) in [4.78, 5) is 0. The molecule has 0 radical (unpaired) electrons. The fourth-order valence-electron chi connectivity index (χ4n) is 3.03. The highest BCUT2D eigenvalue weighted by molar-refractivity contribution is 6.38. The Morgan fingerprint density at radius 1 is 0.846 bits per heavy atom. The van der Waals surface area contributed by atoms with Crippen LogP contribution < -0.4 is 0 Å². The standard InChI is InChI=1S/C12H27B/c1-7-11(5,8-2)12(9-3,10-4)13-6/h13H,7-10H2,1-6H3. The van der Waals surface area contributed by atoms with Gasteiger partial charge in [-0.05, 0) is 10.7 Å². The van der Waals surface area contributed by atoms with E-state index in [9.17, 15) is 0 Å². The minimum Gasteiger partial charge on any atom is -0.0888 e. The Morgan fingerprint density at radius 3 is 1.31 bits per heavy atom. The van der Waals surface area contributed by atoms with Gasteiger partial charge in [-0.3, -0.25) is 0 Å². The number of rotatable bonds is 6. The minimum absolute atomic E-state index is 0.547. The van der Waals surface area contributed by atoms with E-state index in [1.165, 1.54) is 33.0 Å². The summed E-state index contributed by atoms with van der Waals surface area (Å²) in [6, 6.07) is 0. The first kappa shape index (κ1) is 13.1. The van der Waals surface area contributed by atoms with Gasteiger partial charge in [0.2, 0.25) is 0 Å². The lowest BCUT2D eigenvalue weighted by molar-refractivity contribution is 0.172. The van der Waals surface area contributed by atoms with Crippen molar-refractivity contribution in [1.82, 2.24) is 0 Å². The third-order valence-electron chi connectivity index (χ3n) is 4.87. The summed E-state index contributed by atoms with van der Waals surface area (Å²) >= 11 is 0. The summed E-state index contributed by atoms with van der Waals surface area (Å²) in [5, 5.41) is 0.580. The smallest absolute Gasteiger partial charge is 0.0888 e. The highest BCUT2D eigenvalue weighted by Gasteiger charge is 2.41. The molecule has 0 aliphatic carbocycles. The first-order valence-corrected chi connectivity index (χ1v) is 6.05. The molecule has 0 spiro atoms. The Balaban J connectivity index is 4.87. The van der Waals surface area contributed by atoms with Crippen LogP contribution in [0.1, 0.15) is 60.3 Å². The molecule has 0 bridgehead atoms. The van der Waals surface area contributed by atoms with Gasteiger partial charge in [-0.25, -0.2) is 0 Å². The lowest BCUT2D eigenvalue weighted by Crippen LogP contribution is -2.36. The Kier molecular flexibility index (Phi) is 5.10. The number of hydrogen-bond acceptors (Lipinski definition) is 0. The zero-order valence-corrected chi connectivity index (χ0v) is 10.5. The van der Waals surface area contributed by atoms with Crippen LogP contribution in [-0.2, 0) is 0 Å². The van der Waals surface area contributed by atoms with Crippen LogP contribution in [0, 0.1) is 5.41 Å². The molecule has 0 rings (SSSR count). The van der Waals surface area contributed by atoms with Gasteiger partial charge < -0.3 is 0 Å². The van der Waals surface area contributed by atoms with Crippen molar-refractivity contribution in [2.75, 3.05) is 0 Å². The SMILES string of the molecule is CBC(CC)(CC)C(C)(CC)CC. The normalized spacial score (nSPS) is 13.1. The topological polar surface area (TPSA) is 0 Å². The van der Waals surface area contributed by atoms with Crippen molar-refractivity contribution < 1.29 is 0 Å². The largest absolute Gasteiger partial charge is 0.125 e. The van der Waals surface area contributed by atoms with Gasteiger partial charge in [0.15, 0.2) is 0 Å². The van der Waals surface area contributed by atoms with Crippen molar-refractivity contribution in [3.05, 3.63) is 0 Å². The zero-order chi connectivity index (χ0) is 10.5. The second-order valence-electron chi connectivity index (χ2n) is 4.61. The van der Waals surface area contributed by atoms with E-state index in [0.29, 0.717) is 10.7 Å². The molecule has 0 atom stereocenters. The van der Waals surface area contributed by atoms with Gasteiger partial charge in [0.25, 0.3) is 0 Å². The highest BCUT2D eigenvalue weighted by Crippen LogP contribution is 2.54. The fourth-order valence-corrected chi connectivity index (χ4v) is 3.03. The van der Waals surface area contributed by atoms with Gasteiger partial charge in [0.05, 0.1) is 0 Å². The highest BCUT2D eigenvalue weighted by atomic mass is 14.4. The molecule has 0 saturated heterocycles. The van der Waals surface area contributed by atoms with Crippen LogP contribution in [0.15, 0.2) is 0 Å². The molecule has 0 aliphatic heterocycles. The van der Waals surface area contributed by atoms with E-state index < -0.39 is 0 Å². The van der Waals surface area contributed by atoms with Gasteiger partial charge in [-0.1, -0.05) is 67.1 Å². The maximum atomic E-state index is 2.48. The summed E-state index contributed by atoms with van der Waals surface area (Å²) in [6.45, 7) is 14.2. The summed E-state index contributed by atoms with van der Waals surface area (Å²) in [5.41, 5.74) is 0.547. The Labute approximate surface area is 85.7 Å². The van der Waals surface area contributed by atoms with E-state index in [-0.39, 0.29) is 0 Å². The second-order valence-corrected chi connectivity index (χ2v) is 4.61. The minimum atomic E-state index is 0.547. The quantitative estimate of drug-likeness (QED) is 0.538. The molecular weight excluding hydrogens is 155 g/mol. The summed E-state index contributed by atoms with van der Waals surface area (Å²) in [7, 11) is 1.33. The lowest BCUT2D eigenvalue weighted by atomic mass is 9.40. The van der Waals surface area contributed by atoms with Gasteiger partial charge in [-0.2, -0.15) is 0 Å². The van der Waals surface area contributed by atoms with E-state index in [1.807, 2.05) is 0 Å². The molecule has 13 heavy (non-hydrogen) atoms. The molecule has 0 aromatic heterocycles. The molecule has 0 amide bonds. The molecular formula is C12H27B. The maximum Gasteiger partial charge on any atom is 0.125 e. The van der Waals surface area contributed by atoms with Crippen LogP contribution in [0.4, 0.5) is 0 Å². The molecule has 0 aliphatic rings. The van der Waals surface area contributed by atoms with E-state index in [4.69, 9.17) is 0 Å². The monoisotopic (exact) mass is 182 g/mol. The van der Waals surface area contributed by atoms with Crippen molar-refractivity contribution in [3.63, 3.8) is 0 Å². The first-order chi connectivity index (χ1) is 6.05. The predicted molar refractivity (Wildman–Crippen MR) is 65.0 cm³/mol. The lowest BCUT2D eigenvalue weighted by Gasteiger charge is -2.47. The van der Waals surface area contributed by atoms with E-state index in [2.05, 4.69) is 41.4 Å². The average Bonchev–Trinajstić information content (AvgIpc) is 2.20. The molecule has 0 nitrogen and oxygen atoms in total. The molecule has 0 fully saturated rings. The number of hydrogen-bond donors (Lipinski definition) is 0. The molecule has 0 saturated carbocycles. The Hall–Kier alpha value is 0.0649. The van der Waals surface area contributed by atoms with Crippen LogP contribution in [0.25, 0.3) is 0 Å². The summed E-state index contributed by atoms with van der Waals surface area (Å²) < 4.78 is 0. The molecule has 0 N–H and O–H groups in total. The zero-order valence-electron chi connectivity index (χ0n) is 10.5. The third-order valence-corrected chi connectivity index (χ3v) is 4.87. The molecule has 1 heteroatoms. The van der Waals surface area contributed by atoms with Crippen LogP contribution >= 0.6 is 0 Å². The van der Waals surface area contributed by atoms with E-state index in [1.54, 1.807) is 0 Å². The van der Waals surface area contributed by atoms with Gasteiger partial charge >= 0.3 is 0 Å². The Bertz CT molecular complexity index is 124. The fraction of sp³-hybridized carbons (Fsp3) is 1.00. The van der Waals surface area contributed by atoms with E-state index >= 15 is 0 Å². The van der Waals surface area contributed by atoms with Crippen molar-refractivity contribution in [1.29, 1.82) is 0 Å². The third kappa shape index (κ3) is 2.11. The molecule has 0 unspecified atom stereocenters. The van der Waals surface area contributed by atoms with E-state index in [0.717, 1.165) is 0 Å². The average molecular weight is 182 g/mol. The molecule has 78 valence electrons. The van der Waals surface area contributed by atoms with Crippen molar-refractivity contribution >= 4 is 7.28 Å². The van der Waals surface area contributed by atoms with Crippen molar-refractivity contribution in [2.45, 2.75) is 72.4 Å². The predicted octanol–water partition coefficient (Wildman–Crippen LogP) is 4.28. The summed E-state index contributed by atoms with van der Waals surface area (Å²) in [5.74, 6) is 0. The van der Waals surface area contributed by atoms with Gasteiger partial charge in [0, 0.05) is 0 Å². The van der Waals surface area contributed by atoms with Crippen LogP contribution in [0.2, 0.25) is 12.1 Å². The van der Waals surface area contributed by atoms with Gasteiger partial charge in [0.1, 0.15) is 7.28 Å². The van der Waals surface area contributed by atoms with Crippen molar-refractivity contribution in [3.8, 4) is 0 Å². The van der Waals surface area contributed by atoms with Gasteiger partial charge in [-0.15, -0.1) is 0 Å². The first-order valence-electron chi connectivity index (χ1n) is 6.05. The van der Waals surface area contributed by atoms with Crippen LogP contribution in [0.5, 0.6) is 0 Å². The summed E-state index contributed by atoms with van der Waals surface area (Å²) in [6.07, 6.45) is 5.30. The maximum absolute atomic E-state index is 2.48. The van der Waals surface area contributed by atoms with Crippen molar-refractivity contribution in [2.24, 2.45) is 5.41 Å². The molecule has 0 aromatic rings. The second kappa shape index (κ2) is 5.07. The van der Waals surface area contributed by atoms with Crippen LogP contribution in [-0.4, -0.2) is 7.28 Å². The Morgan fingerprint density at radius 2 is 1.23 bits per heavy atom. The van der Waals surface area contributed by atoms with Crippen LogP contribution in [0.3, 0.4) is 0 Å². The molecule has 0 aromatic carbocycles. The molecule has 0 heterocycles.